The summed E-state index contributed by atoms with van der Waals surface area (Å²) in [6.07, 6.45) is 0.274. The van der Waals surface area contributed by atoms with Gasteiger partial charge in [0.05, 0.1) is 6.42 Å². The number of hydrogen-bond acceptors (Lipinski definition) is 4. The molecular formula is C25H26N2O2. The summed E-state index contributed by atoms with van der Waals surface area (Å²) in [6, 6.07) is 26.2. The average Bonchev–Trinajstić information content (AvgIpc) is 2.76. The van der Waals surface area contributed by atoms with E-state index in [0.29, 0.717) is 5.75 Å². The van der Waals surface area contributed by atoms with Crippen LogP contribution in [0.2, 0.25) is 0 Å². The van der Waals surface area contributed by atoms with Crippen LogP contribution >= 0.6 is 0 Å². The Morgan fingerprint density at radius 3 is 1.83 bits per heavy atom. The number of aryl methyl sites for hydroxylation is 1. The van der Waals surface area contributed by atoms with Crippen molar-refractivity contribution in [3.05, 3.63) is 90.0 Å². The minimum Gasteiger partial charge on any atom is -0.426 e. The molecule has 1 saturated heterocycles. The van der Waals surface area contributed by atoms with Crippen molar-refractivity contribution < 1.29 is 9.53 Å². The molecule has 4 nitrogen and oxygen atoms in total. The highest BCUT2D eigenvalue weighted by molar-refractivity contribution is 5.75. The number of para-hydroxylation sites is 1. The van der Waals surface area contributed by atoms with Crippen LogP contribution in [0.4, 0.5) is 11.4 Å². The van der Waals surface area contributed by atoms with Crippen LogP contribution in [0, 0.1) is 6.92 Å². The molecular weight excluding hydrogens is 360 g/mol. The molecule has 1 aliphatic heterocycles. The van der Waals surface area contributed by atoms with Gasteiger partial charge in [-0.05, 0) is 48.9 Å². The van der Waals surface area contributed by atoms with Gasteiger partial charge in [0.2, 0.25) is 0 Å². The second-order valence-electron chi connectivity index (χ2n) is 7.44. The molecule has 0 atom stereocenters. The number of piperazine rings is 1. The van der Waals surface area contributed by atoms with Gasteiger partial charge in [0.25, 0.3) is 0 Å². The van der Waals surface area contributed by atoms with Gasteiger partial charge >= 0.3 is 5.97 Å². The third kappa shape index (κ3) is 4.96. The van der Waals surface area contributed by atoms with Crippen molar-refractivity contribution in [2.24, 2.45) is 0 Å². The number of hydrogen-bond donors (Lipinski definition) is 0. The first-order valence-electron chi connectivity index (χ1n) is 10.1. The number of nitrogens with zero attached hydrogens (tertiary/aromatic N) is 2. The predicted molar refractivity (Wildman–Crippen MR) is 118 cm³/mol. The Bertz CT molecular complexity index is 929. The van der Waals surface area contributed by atoms with Crippen LogP contribution in [0.3, 0.4) is 0 Å². The number of ether oxygens (including phenoxy) is 1. The number of benzene rings is 3. The molecule has 1 aliphatic rings. The maximum Gasteiger partial charge on any atom is 0.315 e. The summed E-state index contributed by atoms with van der Waals surface area (Å²) in [7, 11) is 0. The second kappa shape index (κ2) is 8.82. The number of carbonyl (C=O) groups is 1. The largest absolute Gasteiger partial charge is 0.426 e. The Kier molecular flexibility index (Phi) is 5.80. The lowest BCUT2D eigenvalue weighted by atomic mass is 10.1. The average molecular weight is 386 g/mol. The van der Waals surface area contributed by atoms with Gasteiger partial charge in [-0.2, -0.15) is 0 Å². The van der Waals surface area contributed by atoms with Gasteiger partial charge in [-0.1, -0.05) is 48.0 Å². The van der Waals surface area contributed by atoms with E-state index in [1.165, 1.54) is 16.9 Å². The van der Waals surface area contributed by atoms with Crippen molar-refractivity contribution in [3.8, 4) is 5.75 Å². The monoisotopic (exact) mass is 386 g/mol. The molecule has 4 heteroatoms. The molecule has 0 radical (unpaired) electrons. The molecule has 3 aromatic rings. The zero-order valence-corrected chi connectivity index (χ0v) is 16.8. The summed E-state index contributed by atoms with van der Waals surface area (Å²) >= 11 is 0. The molecule has 0 unspecified atom stereocenters. The lowest BCUT2D eigenvalue weighted by Crippen LogP contribution is -2.46. The predicted octanol–water partition coefficient (Wildman–Crippen LogP) is 4.47. The Hall–Kier alpha value is -3.27. The van der Waals surface area contributed by atoms with E-state index in [1.54, 1.807) is 12.1 Å². The zero-order chi connectivity index (χ0) is 20.1. The molecule has 0 amide bonds. The lowest BCUT2D eigenvalue weighted by molar-refractivity contribution is -0.133. The Labute approximate surface area is 172 Å². The Balaban J connectivity index is 1.30. The quantitative estimate of drug-likeness (QED) is 0.478. The molecule has 0 spiro atoms. The topological polar surface area (TPSA) is 32.8 Å². The normalized spacial score (nSPS) is 14.0. The standard InChI is InChI=1S/C25H26N2O2/c1-20-7-11-22(12-8-20)26-15-17-27(18-16-26)23-13-9-21(10-14-23)19-25(28)29-24-5-3-2-4-6-24/h2-14H,15-19H2,1H3. The van der Waals surface area contributed by atoms with Crippen LogP contribution in [-0.2, 0) is 11.2 Å². The third-order valence-corrected chi connectivity index (χ3v) is 5.30. The Morgan fingerprint density at radius 2 is 1.28 bits per heavy atom. The first kappa shape index (κ1) is 19.1. The fourth-order valence-electron chi connectivity index (χ4n) is 3.63. The van der Waals surface area contributed by atoms with Gasteiger partial charge < -0.3 is 14.5 Å². The van der Waals surface area contributed by atoms with E-state index >= 15 is 0 Å². The smallest absolute Gasteiger partial charge is 0.315 e. The van der Waals surface area contributed by atoms with E-state index in [1.807, 2.05) is 30.3 Å². The van der Waals surface area contributed by atoms with Crippen molar-refractivity contribution in [2.75, 3.05) is 36.0 Å². The van der Waals surface area contributed by atoms with Crippen LogP contribution in [0.1, 0.15) is 11.1 Å². The van der Waals surface area contributed by atoms with Crippen LogP contribution in [-0.4, -0.2) is 32.1 Å². The molecule has 0 bridgehead atoms. The minimum atomic E-state index is -0.240. The molecule has 1 heterocycles. The van der Waals surface area contributed by atoms with Gasteiger partial charge in [-0.15, -0.1) is 0 Å². The summed E-state index contributed by atoms with van der Waals surface area (Å²) in [5.74, 6) is 0.344. The number of rotatable bonds is 5. The van der Waals surface area contributed by atoms with E-state index in [2.05, 4.69) is 53.1 Å². The van der Waals surface area contributed by atoms with Crippen molar-refractivity contribution in [3.63, 3.8) is 0 Å². The molecule has 4 rings (SSSR count). The summed E-state index contributed by atoms with van der Waals surface area (Å²) < 4.78 is 5.37. The van der Waals surface area contributed by atoms with E-state index < -0.39 is 0 Å². The molecule has 0 saturated carbocycles. The van der Waals surface area contributed by atoms with Gasteiger partial charge in [-0.25, -0.2) is 0 Å². The third-order valence-electron chi connectivity index (χ3n) is 5.30. The van der Waals surface area contributed by atoms with Crippen LogP contribution in [0.15, 0.2) is 78.9 Å². The van der Waals surface area contributed by atoms with Crippen LogP contribution in [0.5, 0.6) is 5.75 Å². The number of carbonyl (C=O) groups excluding carboxylic acids is 1. The highest BCUT2D eigenvalue weighted by Crippen LogP contribution is 2.22. The molecule has 1 fully saturated rings. The molecule has 148 valence electrons. The van der Waals surface area contributed by atoms with Crippen molar-refractivity contribution in [1.29, 1.82) is 0 Å². The number of anilines is 2. The number of esters is 1. The first-order chi connectivity index (χ1) is 14.2. The highest BCUT2D eigenvalue weighted by Gasteiger charge is 2.17. The molecule has 0 N–H and O–H groups in total. The van der Waals surface area contributed by atoms with Crippen LogP contribution in [0.25, 0.3) is 0 Å². The minimum absolute atomic E-state index is 0.240. The fourth-order valence-corrected chi connectivity index (χ4v) is 3.63. The molecule has 29 heavy (non-hydrogen) atoms. The lowest BCUT2D eigenvalue weighted by Gasteiger charge is -2.37. The molecule has 0 aliphatic carbocycles. The van der Waals surface area contributed by atoms with Crippen LogP contribution < -0.4 is 14.5 Å². The summed E-state index contributed by atoms with van der Waals surface area (Å²) in [4.78, 5) is 17.0. The van der Waals surface area contributed by atoms with E-state index in [-0.39, 0.29) is 12.4 Å². The molecule has 3 aromatic carbocycles. The van der Waals surface area contributed by atoms with Crippen molar-refractivity contribution >= 4 is 17.3 Å². The second-order valence-corrected chi connectivity index (χ2v) is 7.44. The summed E-state index contributed by atoms with van der Waals surface area (Å²) in [6.45, 7) is 6.11. The van der Waals surface area contributed by atoms with E-state index in [4.69, 9.17) is 4.74 Å². The maximum atomic E-state index is 12.1. The zero-order valence-electron chi connectivity index (χ0n) is 16.8. The van der Waals surface area contributed by atoms with E-state index in [9.17, 15) is 4.79 Å². The fraction of sp³-hybridized carbons (Fsp3) is 0.240. The van der Waals surface area contributed by atoms with E-state index in [0.717, 1.165) is 31.7 Å². The van der Waals surface area contributed by atoms with Gasteiger partial charge in [-0.3, -0.25) is 4.79 Å². The van der Waals surface area contributed by atoms with Crippen molar-refractivity contribution in [1.82, 2.24) is 0 Å². The van der Waals surface area contributed by atoms with Gasteiger partial charge in [0, 0.05) is 37.6 Å². The first-order valence-corrected chi connectivity index (χ1v) is 10.1. The van der Waals surface area contributed by atoms with Gasteiger partial charge in [0.1, 0.15) is 5.75 Å². The summed E-state index contributed by atoms with van der Waals surface area (Å²) in [5.41, 5.74) is 4.75. The highest BCUT2D eigenvalue weighted by atomic mass is 16.5. The summed E-state index contributed by atoms with van der Waals surface area (Å²) in [5, 5.41) is 0. The maximum absolute atomic E-state index is 12.1. The van der Waals surface area contributed by atoms with Crippen molar-refractivity contribution in [2.45, 2.75) is 13.3 Å². The Morgan fingerprint density at radius 1 is 0.759 bits per heavy atom. The molecule has 0 aromatic heterocycles. The SMILES string of the molecule is Cc1ccc(N2CCN(c3ccc(CC(=O)Oc4ccccc4)cc3)CC2)cc1. The van der Waals surface area contributed by atoms with Gasteiger partial charge in [0.15, 0.2) is 0 Å².